The fourth-order valence-corrected chi connectivity index (χ4v) is 3.53. The molecule has 0 amide bonds. The number of aromatic nitrogens is 4. The van der Waals surface area contributed by atoms with Crippen LogP contribution in [0.3, 0.4) is 0 Å². The second-order valence-corrected chi connectivity index (χ2v) is 6.92. The third-order valence-corrected chi connectivity index (χ3v) is 4.77. The van der Waals surface area contributed by atoms with Gasteiger partial charge in [0.1, 0.15) is 37.2 Å². The molecule has 4 rings (SSSR count). The molecular formula is C20H21N5O5. The molecule has 30 heavy (non-hydrogen) atoms. The normalized spacial score (nSPS) is 20.9. The molecule has 0 radical (unpaired) electrons. The van der Waals surface area contributed by atoms with E-state index in [2.05, 4.69) is 15.0 Å². The van der Waals surface area contributed by atoms with E-state index in [0.717, 1.165) is 5.56 Å². The maximum atomic E-state index is 11.6. The maximum Gasteiger partial charge on any atom is 0.303 e. The highest BCUT2D eigenvalue weighted by atomic mass is 16.6. The summed E-state index contributed by atoms with van der Waals surface area (Å²) in [5, 5.41) is 0. The van der Waals surface area contributed by atoms with Crippen LogP contribution in [0.2, 0.25) is 0 Å². The smallest absolute Gasteiger partial charge is 0.303 e. The first-order valence-electron chi connectivity index (χ1n) is 9.44. The molecule has 1 aliphatic rings. The van der Waals surface area contributed by atoms with E-state index in [9.17, 15) is 9.59 Å². The number of fused-ring (bicyclic) bond motifs is 1. The number of carbonyl (C=O) groups is 2. The Morgan fingerprint density at radius 1 is 1.20 bits per heavy atom. The Hall–Kier alpha value is -3.53. The number of ether oxygens (including phenoxy) is 3. The van der Waals surface area contributed by atoms with Crippen LogP contribution in [0.5, 0.6) is 0 Å². The molecule has 0 bridgehead atoms. The molecule has 2 aromatic heterocycles. The second-order valence-electron chi connectivity index (χ2n) is 6.92. The molecule has 3 aromatic rings. The summed E-state index contributed by atoms with van der Waals surface area (Å²) < 4.78 is 18.5. The standard InChI is InChI=1S/C20H21N5O5/c1-11(26)28-9-15-14(29-12(2)27)8-16(30-15)25-19(13-6-4-3-5-7-13)24-17-18(21)22-10-23-20(17)25/h3-7,10,14-16H,8-9H2,1-2H3,(H2,21,22,23)/t14?,15-,16-/m1/s1. The van der Waals surface area contributed by atoms with Gasteiger partial charge in [0.2, 0.25) is 0 Å². The summed E-state index contributed by atoms with van der Waals surface area (Å²) in [6.07, 6.45) is -0.0835. The van der Waals surface area contributed by atoms with Crippen LogP contribution in [0, 0.1) is 0 Å². The number of nitrogen functional groups attached to an aromatic ring is 1. The average molecular weight is 411 g/mol. The molecule has 156 valence electrons. The van der Waals surface area contributed by atoms with Crippen molar-refractivity contribution in [3.8, 4) is 11.4 Å². The summed E-state index contributed by atoms with van der Waals surface area (Å²) in [6, 6.07) is 9.53. The van der Waals surface area contributed by atoms with E-state index in [-0.39, 0.29) is 12.4 Å². The summed E-state index contributed by atoms with van der Waals surface area (Å²) >= 11 is 0. The Balaban J connectivity index is 1.77. The Labute approximate surface area is 172 Å². The van der Waals surface area contributed by atoms with Crippen molar-refractivity contribution in [3.05, 3.63) is 36.7 Å². The molecule has 3 heterocycles. The van der Waals surface area contributed by atoms with E-state index in [1.54, 1.807) is 0 Å². The molecule has 3 atom stereocenters. The lowest BCUT2D eigenvalue weighted by Crippen LogP contribution is -2.31. The first-order valence-corrected chi connectivity index (χ1v) is 9.44. The van der Waals surface area contributed by atoms with Gasteiger partial charge in [-0.3, -0.25) is 14.2 Å². The van der Waals surface area contributed by atoms with Gasteiger partial charge in [0, 0.05) is 25.8 Å². The Bertz CT molecular complexity index is 1080. The van der Waals surface area contributed by atoms with Gasteiger partial charge in [-0.05, 0) is 0 Å². The van der Waals surface area contributed by atoms with Crippen LogP contribution in [-0.2, 0) is 23.8 Å². The summed E-state index contributed by atoms with van der Waals surface area (Å²) in [4.78, 5) is 35.9. The van der Waals surface area contributed by atoms with Crippen molar-refractivity contribution >= 4 is 28.9 Å². The summed E-state index contributed by atoms with van der Waals surface area (Å²) in [5.41, 5.74) is 7.81. The van der Waals surface area contributed by atoms with E-state index < -0.39 is 30.4 Å². The molecule has 10 heteroatoms. The molecule has 1 unspecified atom stereocenters. The van der Waals surface area contributed by atoms with Crippen LogP contribution in [-0.4, -0.2) is 50.3 Å². The Morgan fingerprint density at radius 3 is 2.67 bits per heavy atom. The number of imidazole rings is 1. The van der Waals surface area contributed by atoms with Crippen LogP contribution in [0.4, 0.5) is 5.82 Å². The molecule has 1 aromatic carbocycles. The molecule has 0 aliphatic carbocycles. The zero-order valence-corrected chi connectivity index (χ0v) is 16.5. The number of esters is 2. The number of hydrogen-bond acceptors (Lipinski definition) is 9. The highest BCUT2D eigenvalue weighted by Crippen LogP contribution is 2.37. The second kappa shape index (κ2) is 8.07. The van der Waals surface area contributed by atoms with Crippen LogP contribution in [0.1, 0.15) is 26.5 Å². The Kier molecular flexibility index (Phi) is 5.32. The highest BCUT2D eigenvalue weighted by molar-refractivity contribution is 5.85. The molecule has 1 aliphatic heterocycles. The number of nitrogens with two attached hydrogens (primary N) is 1. The monoisotopic (exact) mass is 411 g/mol. The summed E-state index contributed by atoms with van der Waals surface area (Å²) in [5.74, 6) is -0.0379. The lowest BCUT2D eigenvalue weighted by atomic mass is 10.1. The third kappa shape index (κ3) is 3.81. The fourth-order valence-electron chi connectivity index (χ4n) is 3.53. The van der Waals surface area contributed by atoms with Crippen molar-refractivity contribution < 1.29 is 23.8 Å². The van der Waals surface area contributed by atoms with Gasteiger partial charge in [-0.15, -0.1) is 0 Å². The highest BCUT2D eigenvalue weighted by Gasteiger charge is 2.41. The van der Waals surface area contributed by atoms with Gasteiger partial charge in [-0.25, -0.2) is 15.0 Å². The number of anilines is 1. The van der Waals surface area contributed by atoms with Crippen molar-refractivity contribution in [3.63, 3.8) is 0 Å². The first-order chi connectivity index (χ1) is 14.4. The van der Waals surface area contributed by atoms with Crippen molar-refractivity contribution in [2.24, 2.45) is 0 Å². The third-order valence-electron chi connectivity index (χ3n) is 4.77. The van der Waals surface area contributed by atoms with Gasteiger partial charge in [0.15, 0.2) is 17.0 Å². The van der Waals surface area contributed by atoms with E-state index in [0.29, 0.717) is 23.4 Å². The zero-order chi connectivity index (χ0) is 21.3. The predicted octanol–water partition coefficient (Wildman–Crippen LogP) is 1.86. The Morgan fingerprint density at radius 2 is 1.97 bits per heavy atom. The van der Waals surface area contributed by atoms with Crippen molar-refractivity contribution in [2.75, 3.05) is 12.3 Å². The molecule has 10 nitrogen and oxygen atoms in total. The molecule has 2 N–H and O–H groups in total. The van der Waals surface area contributed by atoms with Gasteiger partial charge in [0.05, 0.1) is 0 Å². The summed E-state index contributed by atoms with van der Waals surface area (Å²) in [6.45, 7) is 2.60. The van der Waals surface area contributed by atoms with Crippen LogP contribution in [0.25, 0.3) is 22.6 Å². The average Bonchev–Trinajstić information content (AvgIpc) is 3.28. The maximum absolute atomic E-state index is 11.6. The first kappa shape index (κ1) is 19.8. The molecule has 0 saturated carbocycles. The fraction of sp³-hybridized carbons (Fsp3) is 0.350. The lowest BCUT2D eigenvalue weighted by molar-refractivity contribution is -0.155. The van der Waals surface area contributed by atoms with Crippen LogP contribution < -0.4 is 5.73 Å². The number of hydrogen-bond donors (Lipinski definition) is 1. The van der Waals surface area contributed by atoms with Crippen molar-refractivity contribution in [1.29, 1.82) is 0 Å². The quantitative estimate of drug-likeness (QED) is 0.625. The number of nitrogens with zero attached hydrogens (tertiary/aromatic N) is 4. The molecule has 1 saturated heterocycles. The van der Waals surface area contributed by atoms with Crippen molar-refractivity contribution in [1.82, 2.24) is 19.5 Å². The molecular weight excluding hydrogens is 390 g/mol. The zero-order valence-electron chi connectivity index (χ0n) is 16.5. The van der Waals surface area contributed by atoms with E-state index in [4.69, 9.17) is 19.9 Å². The minimum absolute atomic E-state index is 0.0335. The van der Waals surface area contributed by atoms with E-state index >= 15 is 0 Å². The predicted molar refractivity (Wildman–Crippen MR) is 106 cm³/mol. The van der Waals surface area contributed by atoms with Gasteiger partial charge in [-0.1, -0.05) is 30.3 Å². The topological polar surface area (TPSA) is 131 Å². The lowest BCUT2D eigenvalue weighted by Gasteiger charge is -2.18. The van der Waals surface area contributed by atoms with Gasteiger partial charge >= 0.3 is 11.9 Å². The van der Waals surface area contributed by atoms with Gasteiger partial charge in [0.25, 0.3) is 0 Å². The molecule has 1 fully saturated rings. The number of carbonyl (C=O) groups excluding carboxylic acids is 2. The van der Waals surface area contributed by atoms with E-state index in [1.165, 1.54) is 20.2 Å². The minimum Gasteiger partial charge on any atom is -0.463 e. The van der Waals surface area contributed by atoms with Gasteiger partial charge in [-0.2, -0.15) is 0 Å². The number of rotatable bonds is 5. The van der Waals surface area contributed by atoms with Crippen molar-refractivity contribution in [2.45, 2.75) is 38.7 Å². The number of benzene rings is 1. The molecule has 0 spiro atoms. The minimum atomic E-state index is -0.622. The van der Waals surface area contributed by atoms with Crippen LogP contribution >= 0.6 is 0 Å². The SMILES string of the molecule is CC(=O)OC[C@H]1O[C@@H](n2c(-c3ccccc3)nc3c(N)ncnc32)CC1OC(C)=O. The summed E-state index contributed by atoms with van der Waals surface area (Å²) in [7, 11) is 0. The van der Waals surface area contributed by atoms with Crippen LogP contribution in [0.15, 0.2) is 36.7 Å². The largest absolute Gasteiger partial charge is 0.463 e. The van der Waals surface area contributed by atoms with E-state index in [1.807, 2.05) is 34.9 Å². The van der Waals surface area contributed by atoms with Gasteiger partial charge < -0.3 is 19.9 Å².